The lowest BCUT2D eigenvalue weighted by molar-refractivity contribution is -0.177. The maximum atomic E-state index is 13.5. The van der Waals surface area contributed by atoms with Crippen molar-refractivity contribution in [2.75, 3.05) is 13.2 Å². The molecule has 0 fully saturated rings. The summed E-state index contributed by atoms with van der Waals surface area (Å²) in [6, 6.07) is 0. The van der Waals surface area contributed by atoms with Crippen molar-refractivity contribution in [2.45, 2.75) is 33.4 Å². The van der Waals surface area contributed by atoms with E-state index in [2.05, 4.69) is 4.99 Å². The molecule has 2 nitrogen and oxygen atoms in total. The third-order valence-corrected chi connectivity index (χ3v) is 3.90. The molecule has 2 rings (SSSR count). The maximum absolute atomic E-state index is 13.5. The third-order valence-electron chi connectivity index (χ3n) is 3.90. The van der Waals surface area contributed by atoms with E-state index in [0.717, 1.165) is 5.57 Å². The molecule has 0 aromatic heterocycles. The van der Waals surface area contributed by atoms with E-state index in [4.69, 9.17) is 4.74 Å². The zero-order valence-corrected chi connectivity index (χ0v) is 13.2. The van der Waals surface area contributed by atoms with Crippen molar-refractivity contribution in [2.24, 2.45) is 22.2 Å². The van der Waals surface area contributed by atoms with Gasteiger partial charge in [0.05, 0.1) is 12.5 Å². The van der Waals surface area contributed by atoms with Crippen LogP contribution in [0.25, 0.3) is 0 Å². The lowest BCUT2D eigenvalue weighted by Crippen LogP contribution is -2.36. The number of halogens is 3. The minimum Gasteiger partial charge on any atom is -0.476 e. The molecule has 122 valence electrons. The van der Waals surface area contributed by atoms with Crippen molar-refractivity contribution in [3.8, 4) is 0 Å². The van der Waals surface area contributed by atoms with E-state index in [0.29, 0.717) is 31.4 Å². The van der Waals surface area contributed by atoms with Gasteiger partial charge in [0.15, 0.2) is 0 Å². The van der Waals surface area contributed by atoms with Gasteiger partial charge in [0.2, 0.25) is 5.90 Å². The van der Waals surface area contributed by atoms with Gasteiger partial charge in [0.1, 0.15) is 6.61 Å². The second-order valence-electron chi connectivity index (χ2n) is 6.46. The Morgan fingerprint density at radius 3 is 2.73 bits per heavy atom. The summed E-state index contributed by atoms with van der Waals surface area (Å²) in [6.45, 7) is 6.65. The summed E-state index contributed by atoms with van der Waals surface area (Å²) in [5, 5.41) is 0. The van der Waals surface area contributed by atoms with Gasteiger partial charge < -0.3 is 4.74 Å². The van der Waals surface area contributed by atoms with E-state index in [1.807, 2.05) is 19.9 Å². The van der Waals surface area contributed by atoms with Crippen molar-refractivity contribution in [1.29, 1.82) is 0 Å². The number of aliphatic imine (C=N–C) groups is 1. The molecular formula is C17H22F3NO. The average molecular weight is 313 g/mol. The van der Waals surface area contributed by atoms with E-state index >= 15 is 0 Å². The zero-order chi connectivity index (χ0) is 16.4. The molecule has 22 heavy (non-hydrogen) atoms. The van der Waals surface area contributed by atoms with Gasteiger partial charge in [-0.05, 0) is 18.4 Å². The minimum absolute atomic E-state index is 0.325. The predicted molar refractivity (Wildman–Crippen MR) is 81.7 cm³/mol. The highest BCUT2D eigenvalue weighted by atomic mass is 19.4. The Balaban J connectivity index is 2.26. The average Bonchev–Trinajstić information content (AvgIpc) is 2.90. The van der Waals surface area contributed by atoms with Crippen LogP contribution in [0, 0.1) is 17.3 Å². The molecule has 0 saturated heterocycles. The molecule has 2 aliphatic rings. The van der Waals surface area contributed by atoms with Crippen molar-refractivity contribution >= 4 is 5.90 Å². The fourth-order valence-electron chi connectivity index (χ4n) is 2.76. The van der Waals surface area contributed by atoms with Gasteiger partial charge in [0.25, 0.3) is 0 Å². The summed E-state index contributed by atoms with van der Waals surface area (Å²) < 4.78 is 45.6. The van der Waals surface area contributed by atoms with Crippen molar-refractivity contribution in [1.82, 2.24) is 0 Å². The highest BCUT2D eigenvalue weighted by Gasteiger charge is 2.48. The first-order chi connectivity index (χ1) is 10.2. The van der Waals surface area contributed by atoms with Gasteiger partial charge in [0, 0.05) is 5.41 Å². The quantitative estimate of drug-likeness (QED) is 0.737. The molecule has 0 spiro atoms. The van der Waals surface area contributed by atoms with Crippen LogP contribution in [-0.2, 0) is 4.74 Å². The van der Waals surface area contributed by atoms with Crippen LogP contribution in [0.1, 0.15) is 27.2 Å². The van der Waals surface area contributed by atoms with Crippen molar-refractivity contribution < 1.29 is 17.9 Å². The smallest absolute Gasteiger partial charge is 0.396 e. The van der Waals surface area contributed by atoms with Gasteiger partial charge in [-0.3, -0.25) is 0 Å². The Labute approximate surface area is 129 Å². The topological polar surface area (TPSA) is 21.6 Å². The Hall–Kier alpha value is -1.52. The molecule has 1 heterocycles. The van der Waals surface area contributed by atoms with Crippen LogP contribution < -0.4 is 0 Å². The normalized spacial score (nSPS) is 29.0. The third kappa shape index (κ3) is 4.02. The summed E-state index contributed by atoms with van der Waals surface area (Å²) in [7, 11) is 0. The molecule has 0 amide bonds. The fourth-order valence-corrected chi connectivity index (χ4v) is 2.76. The fraction of sp³-hybridized carbons (Fsp3) is 0.588. The van der Waals surface area contributed by atoms with Crippen LogP contribution in [0.15, 0.2) is 40.9 Å². The van der Waals surface area contributed by atoms with Crippen LogP contribution in [-0.4, -0.2) is 25.2 Å². The molecule has 0 aromatic rings. The largest absolute Gasteiger partial charge is 0.476 e. The molecule has 2 atom stereocenters. The van der Waals surface area contributed by atoms with Gasteiger partial charge >= 0.3 is 6.18 Å². The number of nitrogens with zero attached hydrogens (tertiary/aromatic N) is 1. The lowest BCUT2D eigenvalue weighted by Gasteiger charge is -2.35. The number of hydrogen-bond donors (Lipinski definition) is 0. The second-order valence-corrected chi connectivity index (χ2v) is 6.46. The first-order valence-corrected chi connectivity index (χ1v) is 7.54. The van der Waals surface area contributed by atoms with Crippen LogP contribution >= 0.6 is 0 Å². The zero-order valence-electron chi connectivity index (χ0n) is 13.2. The summed E-state index contributed by atoms with van der Waals surface area (Å²) >= 11 is 0. The van der Waals surface area contributed by atoms with Crippen LogP contribution in [0.3, 0.4) is 0 Å². The molecule has 0 saturated carbocycles. The molecule has 0 radical (unpaired) electrons. The van der Waals surface area contributed by atoms with Crippen LogP contribution in [0.2, 0.25) is 0 Å². The standard InChI is InChI=1S/C17H22F3NO/c1-12(2)10-13-4-6-16(3,14(11-13)17(18,19)20)7-5-15-21-8-9-22-15/h4-7,11-12,14H,8-10H2,1-3H3. The SMILES string of the molecule is CC(C)CC1=CC(C(F)(F)F)C(C)(C=CC2=NCCO2)C=C1. The monoisotopic (exact) mass is 313 g/mol. The lowest BCUT2D eigenvalue weighted by atomic mass is 9.71. The van der Waals surface area contributed by atoms with Crippen LogP contribution in [0.5, 0.6) is 0 Å². The maximum Gasteiger partial charge on any atom is 0.396 e. The Kier molecular flexibility index (Phi) is 4.83. The van der Waals surface area contributed by atoms with E-state index in [9.17, 15) is 13.2 Å². The first kappa shape index (κ1) is 16.8. The molecule has 5 heteroatoms. The van der Waals surface area contributed by atoms with Crippen molar-refractivity contribution in [3.63, 3.8) is 0 Å². The molecular weight excluding hydrogens is 291 g/mol. The predicted octanol–water partition coefficient (Wildman–Crippen LogP) is 4.70. The number of rotatable bonds is 4. The second kappa shape index (κ2) is 6.31. The Morgan fingerprint density at radius 1 is 1.45 bits per heavy atom. The number of alkyl halides is 3. The Morgan fingerprint density at radius 2 is 2.18 bits per heavy atom. The highest BCUT2D eigenvalue weighted by Crippen LogP contribution is 2.46. The van der Waals surface area contributed by atoms with Gasteiger partial charge in [-0.2, -0.15) is 13.2 Å². The summed E-state index contributed by atoms with van der Waals surface area (Å²) in [5.74, 6) is -0.796. The number of hydrogen-bond acceptors (Lipinski definition) is 2. The Bertz CT molecular complexity index is 529. The highest BCUT2D eigenvalue weighted by molar-refractivity contribution is 5.88. The summed E-state index contributed by atoms with van der Waals surface area (Å²) in [4.78, 5) is 4.08. The van der Waals surface area contributed by atoms with E-state index in [1.54, 1.807) is 25.2 Å². The van der Waals surface area contributed by atoms with Gasteiger partial charge in [-0.25, -0.2) is 4.99 Å². The van der Waals surface area contributed by atoms with Gasteiger partial charge in [-0.1, -0.05) is 50.6 Å². The summed E-state index contributed by atoms with van der Waals surface area (Å²) in [5.41, 5.74) is -0.370. The van der Waals surface area contributed by atoms with E-state index < -0.39 is 17.5 Å². The molecule has 0 bridgehead atoms. The van der Waals surface area contributed by atoms with E-state index in [-0.39, 0.29) is 0 Å². The minimum atomic E-state index is -4.29. The van der Waals surface area contributed by atoms with E-state index in [1.165, 1.54) is 6.08 Å². The number of ether oxygens (including phenoxy) is 1. The summed E-state index contributed by atoms with van der Waals surface area (Å²) in [6.07, 6.45) is 4.29. The van der Waals surface area contributed by atoms with Crippen molar-refractivity contribution in [3.05, 3.63) is 36.0 Å². The molecule has 0 N–H and O–H groups in total. The first-order valence-electron chi connectivity index (χ1n) is 7.54. The molecule has 1 aliphatic heterocycles. The molecule has 1 aliphatic carbocycles. The molecule has 0 aromatic carbocycles. The molecule has 2 unspecified atom stereocenters. The number of allylic oxidation sites excluding steroid dienone is 5. The van der Waals surface area contributed by atoms with Crippen LogP contribution in [0.4, 0.5) is 13.2 Å². The van der Waals surface area contributed by atoms with Gasteiger partial charge in [-0.15, -0.1) is 0 Å².